The van der Waals surface area contributed by atoms with Crippen LogP contribution in [0.5, 0.6) is 5.75 Å². The maximum absolute atomic E-state index is 9.95. The van der Waals surface area contributed by atoms with E-state index in [1.54, 1.807) is 12.1 Å². The monoisotopic (exact) mass is 437 g/mol. The number of nitrogens with one attached hydrogen (secondary N) is 1. The van der Waals surface area contributed by atoms with Crippen LogP contribution in [0.1, 0.15) is 32.1 Å². The number of ether oxygens (including phenoxy) is 1. The van der Waals surface area contributed by atoms with Crippen LogP contribution in [0.3, 0.4) is 0 Å². The lowest BCUT2D eigenvalue weighted by Crippen LogP contribution is -2.37. The molecule has 0 radical (unpaired) electrons. The second kappa shape index (κ2) is 10.5. The fraction of sp³-hybridized carbons (Fsp3) is 0.417. The van der Waals surface area contributed by atoms with Crippen LogP contribution in [0.2, 0.25) is 0 Å². The number of allylic oxidation sites excluding steroid dienone is 1. The Morgan fingerprint density at radius 2 is 1.91 bits per heavy atom. The van der Waals surface area contributed by atoms with E-state index < -0.39 is 0 Å². The highest BCUT2D eigenvalue weighted by Crippen LogP contribution is 2.30. The van der Waals surface area contributed by atoms with Crippen LogP contribution in [-0.2, 0) is 11.3 Å². The van der Waals surface area contributed by atoms with Crippen molar-refractivity contribution in [2.24, 2.45) is 0 Å². The summed E-state index contributed by atoms with van der Waals surface area (Å²) in [5, 5.41) is 19.8. The van der Waals surface area contributed by atoms with Gasteiger partial charge in [0.2, 0.25) is 0 Å². The summed E-state index contributed by atoms with van der Waals surface area (Å²) in [4.78, 5) is 12.0. The van der Waals surface area contributed by atoms with Gasteiger partial charge in [0.1, 0.15) is 17.2 Å². The minimum atomic E-state index is 0.202. The van der Waals surface area contributed by atoms with Crippen molar-refractivity contribution in [2.45, 2.75) is 38.6 Å². The first-order valence-corrected chi connectivity index (χ1v) is 11.2. The highest BCUT2D eigenvalue weighted by molar-refractivity contribution is 5.90. The molecule has 0 amide bonds. The highest BCUT2D eigenvalue weighted by atomic mass is 16.5. The molecule has 2 aromatic heterocycles. The molecule has 1 aromatic carbocycles. The van der Waals surface area contributed by atoms with Crippen molar-refractivity contribution in [2.75, 3.05) is 31.2 Å². The van der Waals surface area contributed by atoms with E-state index in [0.29, 0.717) is 24.7 Å². The summed E-state index contributed by atoms with van der Waals surface area (Å²) in [5.41, 5.74) is 4.49. The number of fused-ring (bicyclic) bond motifs is 1. The molecule has 3 heterocycles. The van der Waals surface area contributed by atoms with E-state index in [1.165, 1.54) is 0 Å². The molecule has 32 heavy (non-hydrogen) atoms. The van der Waals surface area contributed by atoms with Crippen molar-refractivity contribution >= 4 is 16.9 Å². The summed E-state index contributed by atoms with van der Waals surface area (Å²) in [6, 6.07) is 9.19. The van der Waals surface area contributed by atoms with Crippen LogP contribution >= 0.6 is 0 Å². The van der Waals surface area contributed by atoms with Gasteiger partial charge in [-0.1, -0.05) is 31.6 Å². The average molecular weight is 438 g/mol. The van der Waals surface area contributed by atoms with Crippen molar-refractivity contribution in [1.82, 2.24) is 20.0 Å². The molecule has 0 saturated carbocycles. The van der Waals surface area contributed by atoms with Crippen LogP contribution in [0, 0.1) is 0 Å². The number of aryl methyl sites for hydroxylation is 1. The molecule has 8 nitrogen and oxygen atoms in total. The maximum Gasteiger partial charge on any atom is 0.164 e. The van der Waals surface area contributed by atoms with Crippen molar-refractivity contribution in [1.29, 1.82) is 0 Å². The molecule has 1 fully saturated rings. The zero-order chi connectivity index (χ0) is 22.3. The topological polar surface area (TPSA) is 95.7 Å². The molecular formula is C24H31N5O3. The molecule has 0 bridgehead atoms. The lowest BCUT2D eigenvalue weighted by Gasteiger charge is -2.28. The molecule has 1 aliphatic rings. The largest absolute Gasteiger partial charge is 0.508 e. The second-order valence-electron chi connectivity index (χ2n) is 8.15. The Kier molecular flexibility index (Phi) is 7.24. The number of phenols is 1. The van der Waals surface area contributed by atoms with Crippen LogP contribution in [0.25, 0.3) is 22.4 Å². The molecule has 0 atom stereocenters. The third kappa shape index (κ3) is 5.20. The fourth-order valence-electron chi connectivity index (χ4n) is 4.05. The van der Waals surface area contributed by atoms with E-state index in [2.05, 4.69) is 33.8 Å². The summed E-state index contributed by atoms with van der Waals surface area (Å²) in [7, 11) is 0. The van der Waals surface area contributed by atoms with Gasteiger partial charge in [-0.2, -0.15) is 0 Å². The predicted octanol–water partition coefficient (Wildman–Crippen LogP) is 4.08. The first kappa shape index (κ1) is 22.1. The van der Waals surface area contributed by atoms with E-state index in [-0.39, 0.29) is 5.75 Å². The molecule has 1 aliphatic heterocycles. The summed E-state index contributed by atoms with van der Waals surface area (Å²) < 4.78 is 7.73. The van der Waals surface area contributed by atoms with Gasteiger partial charge in [-0.25, -0.2) is 9.97 Å². The zero-order valence-corrected chi connectivity index (χ0v) is 18.3. The molecule has 0 spiro atoms. The van der Waals surface area contributed by atoms with Crippen LogP contribution in [-0.4, -0.2) is 51.2 Å². The van der Waals surface area contributed by atoms with E-state index in [0.717, 1.165) is 74.2 Å². The summed E-state index contributed by atoms with van der Waals surface area (Å²) in [6.45, 7) is 7.59. The van der Waals surface area contributed by atoms with Gasteiger partial charge >= 0.3 is 0 Å². The number of aromatic nitrogens is 3. The lowest BCUT2D eigenvalue weighted by molar-refractivity contribution is 0.122. The van der Waals surface area contributed by atoms with E-state index in [4.69, 9.17) is 19.9 Å². The Balaban J connectivity index is 1.56. The molecule has 1 saturated heterocycles. The number of hydroxylamine groups is 1. The molecule has 3 aromatic rings. The van der Waals surface area contributed by atoms with Crippen LogP contribution < -0.4 is 10.4 Å². The van der Waals surface area contributed by atoms with Gasteiger partial charge in [-0.3, -0.25) is 10.7 Å². The van der Waals surface area contributed by atoms with Crippen LogP contribution in [0.4, 0.5) is 5.82 Å². The summed E-state index contributed by atoms with van der Waals surface area (Å²) in [6.07, 6.45) is 7.10. The Labute approximate surface area is 188 Å². The number of unbranched alkanes of at least 4 members (excludes halogenated alkanes) is 3. The van der Waals surface area contributed by atoms with E-state index in [9.17, 15) is 5.11 Å². The minimum absolute atomic E-state index is 0.202. The number of anilines is 1. The Morgan fingerprint density at radius 3 is 2.69 bits per heavy atom. The minimum Gasteiger partial charge on any atom is -0.508 e. The maximum atomic E-state index is 9.95. The summed E-state index contributed by atoms with van der Waals surface area (Å²) in [5.74, 6) is 1.74. The number of morpholine rings is 1. The number of phenolic OH excluding ortho intramolecular Hbond substituents is 1. The zero-order valence-electron chi connectivity index (χ0n) is 18.3. The molecular weight excluding hydrogens is 406 g/mol. The third-order valence-corrected chi connectivity index (χ3v) is 5.80. The smallest absolute Gasteiger partial charge is 0.164 e. The first-order chi connectivity index (χ1) is 15.7. The Morgan fingerprint density at radius 1 is 1.09 bits per heavy atom. The van der Waals surface area contributed by atoms with Crippen molar-refractivity contribution in [3.05, 3.63) is 48.8 Å². The molecule has 0 unspecified atom stereocenters. The summed E-state index contributed by atoms with van der Waals surface area (Å²) >= 11 is 0. The van der Waals surface area contributed by atoms with Gasteiger partial charge in [0, 0.05) is 37.1 Å². The molecule has 3 N–H and O–H groups in total. The standard InChI is InChI=1S/C24H31N5O3/c1-18(27-31)7-4-2-3-5-11-28-12-10-21-23(28)25-22(19-8-6-9-20(30)17-19)26-24(21)29-13-15-32-16-14-29/h6,8-10,12,17,27,30-31H,1-5,7,11,13-16H2. The van der Waals surface area contributed by atoms with Gasteiger partial charge in [0.15, 0.2) is 5.82 Å². The number of hydrogen-bond donors (Lipinski definition) is 3. The third-order valence-electron chi connectivity index (χ3n) is 5.80. The van der Waals surface area contributed by atoms with Gasteiger partial charge < -0.3 is 19.3 Å². The Bertz CT molecular complexity index is 1060. The molecule has 170 valence electrons. The SMILES string of the molecule is C=C(CCCCCCn1ccc2c(N3CCOCC3)nc(-c3cccc(O)c3)nc21)NO. The van der Waals surface area contributed by atoms with Gasteiger partial charge in [0.05, 0.1) is 18.6 Å². The van der Waals surface area contributed by atoms with Crippen LogP contribution in [0.15, 0.2) is 48.8 Å². The first-order valence-electron chi connectivity index (χ1n) is 11.2. The molecule has 0 aliphatic carbocycles. The highest BCUT2D eigenvalue weighted by Gasteiger charge is 2.20. The fourth-order valence-corrected chi connectivity index (χ4v) is 4.05. The average Bonchev–Trinajstić information content (AvgIpc) is 3.24. The number of aromatic hydroxyl groups is 1. The lowest BCUT2D eigenvalue weighted by atomic mass is 10.1. The van der Waals surface area contributed by atoms with Crippen molar-refractivity contribution in [3.8, 4) is 17.1 Å². The van der Waals surface area contributed by atoms with Gasteiger partial charge in [0.25, 0.3) is 0 Å². The molecule has 4 rings (SSSR count). The van der Waals surface area contributed by atoms with Crippen molar-refractivity contribution < 1.29 is 15.1 Å². The number of benzene rings is 1. The number of rotatable bonds is 10. The van der Waals surface area contributed by atoms with Gasteiger partial charge in [-0.15, -0.1) is 0 Å². The number of nitrogens with zero attached hydrogens (tertiary/aromatic N) is 4. The molecule has 8 heteroatoms. The number of hydrogen-bond acceptors (Lipinski definition) is 7. The van der Waals surface area contributed by atoms with Gasteiger partial charge in [-0.05, 0) is 37.5 Å². The quantitative estimate of drug-likeness (QED) is 0.325. The Hall–Kier alpha value is -3.10. The predicted molar refractivity (Wildman–Crippen MR) is 125 cm³/mol. The normalized spacial score (nSPS) is 14.1. The second-order valence-corrected chi connectivity index (χ2v) is 8.15. The van der Waals surface area contributed by atoms with E-state index in [1.807, 2.05) is 12.1 Å². The van der Waals surface area contributed by atoms with Crippen molar-refractivity contribution in [3.63, 3.8) is 0 Å². The van der Waals surface area contributed by atoms with E-state index >= 15 is 0 Å².